The molecular weight excluding hydrogens is 254 g/mol. The number of fused-ring (bicyclic) bond motifs is 2. The summed E-state index contributed by atoms with van der Waals surface area (Å²) in [4.78, 5) is 11.0. The van der Waals surface area contributed by atoms with Crippen LogP contribution in [0.2, 0.25) is 0 Å². The number of aromatic carboxylic acids is 1. The quantitative estimate of drug-likeness (QED) is 0.810. The van der Waals surface area contributed by atoms with Crippen LogP contribution in [-0.4, -0.2) is 24.7 Å². The lowest BCUT2D eigenvalue weighted by Crippen LogP contribution is -2.18. The maximum absolute atomic E-state index is 11.0. The van der Waals surface area contributed by atoms with Crippen LogP contribution in [0.1, 0.15) is 23.2 Å². The van der Waals surface area contributed by atoms with Crippen LogP contribution in [0.15, 0.2) is 30.4 Å². The van der Waals surface area contributed by atoms with Gasteiger partial charge in [0, 0.05) is 6.54 Å². The number of benzene rings is 1. The standard InChI is InChI=1S/C16H19NO3/c1-20-15-5-4-12(16(18)19)8-14(15)17-9-13-7-10-2-3-11(13)6-10/h2-5,8,10-11,13,17H,6-7,9H2,1H3,(H,18,19). The first-order valence-electron chi connectivity index (χ1n) is 7.01. The number of carboxylic acid groups (broad SMARTS) is 1. The van der Waals surface area contributed by atoms with Crippen LogP contribution in [-0.2, 0) is 0 Å². The first-order chi connectivity index (χ1) is 9.67. The second kappa shape index (κ2) is 5.19. The summed E-state index contributed by atoms with van der Waals surface area (Å²) in [5.74, 6) is 1.84. The largest absolute Gasteiger partial charge is 0.495 e. The molecule has 2 aliphatic rings. The molecular formula is C16H19NO3. The van der Waals surface area contributed by atoms with E-state index in [1.807, 2.05) is 0 Å². The molecule has 0 spiro atoms. The molecule has 0 aromatic heterocycles. The molecule has 0 aliphatic heterocycles. The van der Waals surface area contributed by atoms with E-state index >= 15 is 0 Å². The third-order valence-corrected chi connectivity index (χ3v) is 4.42. The highest BCUT2D eigenvalue weighted by Crippen LogP contribution is 2.43. The third kappa shape index (κ3) is 2.38. The van der Waals surface area contributed by atoms with Crippen LogP contribution in [0.5, 0.6) is 5.75 Å². The number of rotatable bonds is 5. The van der Waals surface area contributed by atoms with Gasteiger partial charge in [-0.3, -0.25) is 0 Å². The Morgan fingerprint density at radius 3 is 2.85 bits per heavy atom. The molecule has 1 saturated carbocycles. The average molecular weight is 273 g/mol. The first-order valence-corrected chi connectivity index (χ1v) is 7.01. The zero-order chi connectivity index (χ0) is 14.1. The second-order valence-corrected chi connectivity index (χ2v) is 5.64. The number of anilines is 1. The molecule has 20 heavy (non-hydrogen) atoms. The van der Waals surface area contributed by atoms with E-state index in [0.717, 1.165) is 18.2 Å². The Balaban J connectivity index is 1.71. The molecule has 2 N–H and O–H groups in total. The zero-order valence-electron chi connectivity index (χ0n) is 11.5. The fraction of sp³-hybridized carbons (Fsp3) is 0.438. The lowest BCUT2D eigenvalue weighted by molar-refractivity contribution is 0.0697. The van der Waals surface area contributed by atoms with Crippen molar-refractivity contribution in [1.82, 2.24) is 0 Å². The predicted molar refractivity (Wildman–Crippen MR) is 77.3 cm³/mol. The van der Waals surface area contributed by atoms with Gasteiger partial charge < -0.3 is 15.2 Å². The van der Waals surface area contributed by atoms with Crippen molar-refractivity contribution in [3.8, 4) is 5.75 Å². The highest BCUT2D eigenvalue weighted by Gasteiger charge is 2.35. The van der Waals surface area contributed by atoms with Crippen molar-refractivity contribution in [2.75, 3.05) is 19.0 Å². The van der Waals surface area contributed by atoms with Crippen molar-refractivity contribution in [2.45, 2.75) is 12.8 Å². The van der Waals surface area contributed by atoms with Crippen LogP contribution < -0.4 is 10.1 Å². The summed E-state index contributed by atoms with van der Waals surface area (Å²) in [6, 6.07) is 4.91. The van der Waals surface area contributed by atoms with Gasteiger partial charge in [-0.15, -0.1) is 0 Å². The lowest BCUT2D eigenvalue weighted by Gasteiger charge is -2.20. The third-order valence-electron chi connectivity index (χ3n) is 4.42. The molecule has 3 rings (SSSR count). The Morgan fingerprint density at radius 2 is 2.25 bits per heavy atom. The number of methoxy groups -OCH3 is 1. The van der Waals surface area contributed by atoms with Crippen molar-refractivity contribution >= 4 is 11.7 Å². The maximum Gasteiger partial charge on any atom is 0.335 e. The second-order valence-electron chi connectivity index (χ2n) is 5.64. The van der Waals surface area contributed by atoms with Crippen molar-refractivity contribution in [3.05, 3.63) is 35.9 Å². The number of carboxylic acids is 1. The van der Waals surface area contributed by atoms with Crippen molar-refractivity contribution in [3.63, 3.8) is 0 Å². The number of hydrogen-bond donors (Lipinski definition) is 2. The number of carbonyl (C=O) groups is 1. The van der Waals surface area contributed by atoms with Gasteiger partial charge in [-0.05, 0) is 48.8 Å². The molecule has 4 nitrogen and oxygen atoms in total. The highest BCUT2D eigenvalue weighted by atomic mass is 16.5. The van der Waals surface area contributed by atoms with Gasteiger partial charge in [0.05, 0.1) is 18.4 Å². The van der Waals surface area contributed by atoms with Crippen molar-refractivity contribution in [2.24, 2.45) is 17.8 Å². The summed E-state index contributed by atoms with van der Waals surface area (Å²) in [6.45, 7) is 0.866. The van der Waals surface area contributed by atoms with Gasteiger partial charge in [0.15, 0.2) is 0 Å². The molecule has 0 radical (unpaired) electrons. The minimum absolute atomic E-state index is 0.279. The van der Waals surface area contributed by atoms with Crippen molar-refractivity contribution in [1.29, 1.82) is 0 Å². The Bertz CT molecular complexity index is 553. The average Bonchev–Trinajstić information content (AvgIpc) is 3.07. The smallest absolute Gasteiger partial charge is 0.335 e. The lowest BCUT2D eigenvalue weighted by atomic mass is 9.93. The van der Waals surface area contributed by atoms with Crippen molar-refractivity contribution < 1.29 is 14.6 Å². The molecule has 2 aliphatic carbocycles. The van der Waals surface area contributed by atoms with Crippen LogP contribution >= 0.6 is 0 Å². The summed E-state index contributed by atoms with van der Waals surface area (Å²) in [6.07, 6.45) is 7.16. The molecule has 3 atom stereocenters. The fourth-order valence-electron chi connectivity index (χ4n) is 3.35. The molecule has 106 valence electrons. The molecule has 1 fully saturated rings. The topological polar surface area (TPSA) is 58.6 Å². The molecule has 3 unspecified atom stereocenters. The molecule has 0 saturated heterocycles. The predicted octanol–water partition coefficient (Wildman–Crippen LogP) is 3.02. The number of nitrogens with one attached hydrogen (secondary N) is 1. The highest BCUT2D eigenvalue weighted by molar-refractivity contribution is 5.89. The zero-order valence-corrected chi connectivity index (χ0v) is 11.5. The molecule has 1 aromatic carbocycles. The first kappa shape index (κ1) is 13.0. The van der Waals surface area contributed by atoms with Crippen LogP contribution in [0, 0.1) is 17.8 Å². The summed E-state index contributed by atoms with van der Waals surface area (Å²) < 4.78 is 5.29. The molecule has 2 bridgehead atoms. The molecule has 0 amide bonds. The summed E-state index contributed by atoms with van der Waals surface area (Å²) >= 11 is 0. The van der Waals surface area contributed by atoms with Crippen LogP contribution in [0.25, 0.3) is 0 Å². The molecule has 4 heteroatoms. The SMILES string of the molecule is COc1ccc(C(=O)O)cc1NCC1CC2C=CC1C2. The van der Waals surface area contributed by atoms with E-state index in [2.05, 4.69) is 17.5 Å². The Morgan fingerprint density at radius 1 is 1.40 bits per heavy atom. The van der Waals surface area contributed by atoms with Crippen LogP contribution in [0.3, 0.4) is 0 Å². The molecule has 1 aromatic rings. The van der Waals surface area contributed by atoms with Gasteiger partial charge in [-0.25, -0.2) is 4.79 Å². The number of allylic oxidation sites excluding steroid dienone is 2. The van der Waals surface area contributed by atoms with Gasteiger partial charge in [0.1, 0.15) is 5.75 Å². The maximum atomic E-state index is 11.0. The number of hydrogen-bond acceptors (Lipinski definition) is 3. The van der Waals surface area contributed by atoms with E-state index < -0.39 is 5.97 Å². The van der Waals surface area contributed by atoms with E-state index in [9.17, 15) is 4.79 Å². The van der Waals surface area contributed by atoms with Gasteiger partial charge in [0.25, 0.3) is 0 Å². The van der Waals surface area contributed by atoms with Gasteiger partial charge in [0.2, 0.25) is 0 Å². The molecule has 0 heterocycles. The van der Waals surface area contributed by atoms with Gasteiger partial charge in [-0.2, -0.15) is 0 Å². The minimum atomic E-state index is -0.918. The van der Waals surface area contributed by atoms with E-state index in [4.69, 9.17) is 9.84 Å². The van der Waals surface area contributed by atoms with E-state index in [0.29, 0.717) is 17.6 Å². The summed E-state index contributed by atoms with van der Waals surface area (Å²) in [7, 11) is 1.60. The Kier molecular flexibility index (Phi) is 3.38. The van der Waals surface area contributed by atoms with E-state index in [-0.39, 0.29) is 5.56 Å². The Hall–Kier alpha value is -1.97. The monoisotopic (exact) mass is 273 g/mol. The van der Waals surface area contributed by atoms with Gasteiger partial charge in [-0.1, -0.05) is 12.2 Å². The number of ether oxygens (including phenoxy) is 1. The Labute approximate surface area is 118 Å². The summed E-state index contributed by atoms with van der Waals surface area (Å²) in [5.41, 5.74) is 1.04. The van der Waals surface area contributed by atoms with E-state index in [1.165, 1.54) is 12.8 Å². The van der Waals surface area contributed by atoms with E-state index in [1.54, 1.807) is 25.3 Å². The fourth-order valence-corrected chi connectivity index (χ4v) is 3.35. The summed E-state index contributed by atoms with van der Waals surface area (Å²) in [5, 5.41) is 12.4. The minimum Gasteiger partial charge on any atom is -0.495 e. The normalized spacial score (nSPS) is 26.8. The van der Waals surface area contributed by atoms with Gasteiger partial charge >= 0.3 is 5.97 Å². The van der Waals surface area contributed by atoms with Crippen LogP contribution in [0.4, 0.5) is 5.69 Å².